The first-order valence-electron chi connectivity index (χ1n) is 6.41. The molecule has 5 nitrogen and oxygen atoms in total. The van der Waals surface area contributed by atoms with Gasteiger partial charge in [0.2, 0.25) is 11.8 Å². The van der Waals surface area contributed by atoms with Crippen LogP contribution in [-0.2, 0) is 9.59 Å². The fourth-order valence-electron chi connectivity index (χ4n) is 2.07. The lowest BCUT2D eigenvalue weighted by molar-refractivity contribution is -0.138. The van der Waals surface area contributed by atoms with E-state index in [0.717, 1.165) is 32.2 Å². The molecule has 0 unspecified atom stereocenters. The molecular weight excluding hydrogens is 218 g/mol. The van der Waals surface area contributed by atoms with E-state index in [2.05, 4.69) is 10.6 Å². The minimum Gasteiger partial charge on any atom is -0.358 e. The first-order chi connectivity index (χ1) is 8.19. The highest BCUT2D eigenvalue weighted by Gasteiger charge is 2.26. The second-order valence-electron chi connectivity index (χ2n) is 4.44. The summed E-state index contributed by atoms with van der Waals surface area (Å²) in [6, 6.07) is -0.0973. The molecule has 1 rings (SSSR count). The third kappa shape index (κ3) is 4.34. The molecule has 0 aliphatic carbocycles. The van der Waals surface area contributed by atoms with Crippen molar-refractivity contribution in [2.75, 3.05) is 26.7 Å². The van der Waals surface area contributed by atoms with Gasteiger partial charge in [0.25, 0.3) is 0 Å². The van der Waals surface area contributed by atoms with E-state index in [4.69, 9.17) is 0 Å². The highest BCUT2D eigenvalue weighted by Crippen LogP contribution is 2.10. The van der Waals surface area contributed by atoms with Crippen molar-refractivity contribution >= 4 is 11.8 Å². The van der Waals surface area contributed by atoms with Crippen molar-refractivity contribution in [1.29, 1.82) is 0 Å². The van der Waals surface area contributed by atoms with Gasteiger partial charge in [-0.25, -0.2) is 0 Å². The van der Waals surface area contributed by atoms with Crippen LogP contribution in [0.2, 0.25) is 0 Å². The van der Waals surface area contributed by atoms with E-state index in [9.17, 15) is 9.59 Å². The number of carbonyl (C=O) groups is 2. The van der Waals surface area contributed by atoms with Gasteiger partial charge >= 0.3 is 0 Å². The summed E-state index contributed by atoms with van der Waals surface area (Å²) < 4.78 is 0. The topological polar surface area (TPSA) is 61.4 Å². The Bertz CT molecular complexity index is 262. The molecule has 0 aromatic rings. The van der Waals surface area contributed by atoms with Crippen LogP contribution in [0.3, 0.4) is 0 Å². The smallest absolute Gasteiger partial charge is 0.240 e. The lowest BCUT2D eigenvalue weighted by atomic mass is 10.0. The minimum atomic E-state index is -0.109. The highest BCUT2D eigenvalue weighted by atomic mass is 16.2. The van der Waals surface area contributed by atoms with Crippen LogP contribution in [0.1, 0.15) is 32.6 Å². The monoisotopic (exact) mass is 241 g/mol. The van der Waals surface area contributed by atoms with Crippen molar-refractivity contribution in [3.8, 4) is 0 Å². The molecule has 0 aromatic heterocycles. The molecule has 2 N–H and O–H groups in total. The number of nitrogens with one attached hydrogen (secondary N) is 2. The maximum Gasteiger partial charge on any atom is 0.240 e. The highest BCUT2D eigenvalue weighted by molar-refractivity contribution is 5.87. The summed E-state index contributed by atoms with van der Waals surface area (Å²) in [6.45, 7) is 3.72. The molecule has 0 saturated carbocycles. The van der Waals surface area contributed by atoms with Crippen LogP contribution < -0.4 is 10.6 Å². The van der Waals surface area contributed by atoms with E-state index in [1.54, 1.807) is 11.9 Å². The SMILES string of the molecule is CCCN(CC(=O)NC)C(=O)[C@@H]1CCCCN1. The summed E-state index contributed by atoms with van der Waals surface area (Å²) in [7, 11) is 1.59. The van der Waals surface area contributed by atoms with Crippen molar-refractivity contribution in [1.82, 2.24) is 15.5 Å². The molecule has 1 aliphatic rings. The molecule has 0 aromatic carbocycles. The molecule has 98 valence electrons. The lowest BCUT2D eigenvalue weighted by Gasteiger charge is -2.29. The number of likely N-dealkylation sites (N-methyl/N-ethyl adjacent to an activating group) is 1. The molecule has 1 aliphatic heterocycles. The van der Waals surface area contributed by atoms with Crippen LogP contribution >= 0.6 is 0 Å². The summed E-state index contributed by atoms with van der Waals surface area (Å²) in [6.07, 6.45) is 3.97. The van der Waals surface area contributed by atoms with Crippen LogP contribution in [0.5, 0.6) is 0 Å². The van der Waals surface area contributed by atoms with Crippen LogP contribution in [0.4, 0.5) is 0 Å². The van der Waals surface area contributed by atoms with E-state index < -0.39 is 0 Å². The standard InChI is InChI=1S/C12H23N3O2/c1-3-8-15(9-11(16)13-2)12(17)10-6-4-5-7-14-10/h10,14H,3-9H2,1-2H3,(H,13,16)/t10-/m0/s1. The van der Waals surface area contributed by atoms with Crippen molar-refractivity contribution in [2.24, 2.45) is 0 Å². The Labute approximate surface area is 103 Å². The second kappa shape index (κ2) is 7.27. The van der Waals surface area contributed by atoms with Gasteiger partial charge in [0.05, 0.1) is 12.6 Å². The van der Waals surface area contributed by atoms with E-state index in [-0.39, 0.29) is 24.4 Å². The van der Waals surface area contributed by atoms with Crippen LogP contribution in [-0.4, -0.2) is 49.4 Å². The van der Waals surface area contributed by atoms with E-state index >= 15 is 0 Å². The number of rotatable bonds is 5. The predicted octanol–water partition coefficient (Wildman–Crippen LogP) is 0.113. The molecule has 1 atom stereocenters. The predicted molar refractivity (Wildman–Crippen MR) is 66.6 cm³/mol. The Morgan fingerprint density at radius 2 is 2.18 bits per heavy atom. The Morgan fingerprint density at radius 3 is 2.71 bits per heavy atom. The molecule has 17 heavy (non-hydrogen) atoms. The van der Waals surface area contributed by atoms with E-state index in [1.807, 2.05) is 6.92 Å². The Hall–Kier alpha value is -1.10. The molecule has 0 spiro atoms. The van der Waals surface area contributed by atoms with E-state index in [1.165, 1.54) is 0 Å². The van der Waals surface area contributed by atoms with Crippen molar-refractivity contribution in [2.45, 2.75) is 38.6 Å². The van der Waals surface area contributed by atoms with Crippen LogP contribution in [0.15, 0.2) is 0 Å². The third-order valence-corrected chi connectivity index (χ3v) is 3.03. The van der Waals surface area contributed by atoms with Gasteiger partial charge in [-0.05, 0) is 25.8 Å². The maximum atomic E-state index is 12.2. The third-order valence-electron chi connectivity index (χ3n) is 3.03. The Kier molecular flexibility index (Phi) is 5.97. The average Bonchev–Trinajstić information content (AvgIpc) is 2.38. The summed E-state index contributed by atoms with van der Waals surface area (Å²) in [5.41, 5.74) is 0. The molecule has 1 saturated heterocycles. The second-order valence-corrected chi connectivity index (χ2v) is 4.44. The van der Waals surface area contributed by atoms with Gasteiger partial charge in [-0.3, -0.25) is 9.59 Å². The van der Waals surface area contributed by atoms with Crippen LogP contribution in [0.25, 0.3) is 0 Å². The number of carbonyl (C=O) groups excluding carboxylic acids is 2. The molecule has 1 heterocycles. The Balaban J connectivity index is 2.55. The zero-order chi connectivity index (χ0) is 12.7. The van der Waals surface area contributed by atoms with Crippen molar-refractivity contribution in [3.05, 3.63) is 0 Å². The van der Waals surface area contributed by atoms with Gasteiger partial charge < -0.3 is 15.5 Å². The summed E-state index contributed by atoms with van der Waals surface area (Å²) >= 11 is 0. The fraction of sp³-hybridized carbons (Fsp3) is 0.833. The number of hydrogen-bond donors (Lipinski definition) is 2. The molecule has 1 fully saturated rings. The number of nitrogens with zero attached hydrogens (tertiary/aromatic N) is 1. The van der Waals surface area contributed by atoms with Gasteiger partial charge in [0.1, 0.15) is 0 Å². The van der Waals surface area contributed by atoms with Crippen molar-refractivity contribution < 1.29 is 9.59 Å². The molecular formula is C12H23N3O2. The average molecular weight is 241 g/mol. The van der Waals surface area contributed by atoms with Crippen molar-refractivity contribution in [3.63, 3.8) is 0 Å². The number of hydrogen-bond acceptors (Lipinski definition) is 3. The van der Waals surface area contributed by atoms with Gasteiger partial charge in [-0.2, -0.15) is 0 Å². The minimum absolute atomic E-state index is 0.0650. The fourth-order valence-corrected chi connectivity index (χ4v) is 2.07. The first kappa shape index (κ1) is 14.0. The summed E-state index contributed by atoms with van der Waals surface area (Å²) in [4.78, 5) is 25.2. The first-order valence-corrected chi connectivity index (χ1v) is 6.41. The molecule has 0 bridgehead atoms. The maximum absolute atomic E-state index is 12.2. The van der Waals surface area contributed by atoms with Crippen LogP contribution in [0, 0.1) is 0 Å². The normalized spacial score (nSPS) is 19.8. The summed E-state index contributed by atoms with van der Waals surface area (Å²) in [5, 5.41) is 5.78. The quantitative estimate of drug-likeness (QED) is 0.718. The summed E-state index contributed by atoms with van der Waals surface area (Å²) in [5.74, 6) is -0.0437. The van der Waals surface area contributed by atoms with Gasteiger partial charge in [-0.15, -0.1) is 0 Å². The van der Waals surface area contributed by atoms with E-state index in [0.29, 0.717) is 6.54 Å². The van der Waals surface area contributed by atoms with Gasteiger partial charge in [-0.1, -0.05) is 13.3 Å². The largest absolute Gasteiger partial charge is 0.358 e. The zero-order valence-corrected chi connectivity index (χ0v) is 10.8. The molecule has 0 radical (unpaired) electrons. The zero-order valence-electron chi connectivity index (χ0n) is 10.8. The molecule has 5 heteroatoms. The van der Waals surface area contributed by atoms with Gasteiger partial charge in [0, 0.05) is 13.6 Å². The number of amides is 2. The molecule has 2 amide bonds. The van der Waals surface area contributed by atoms with Gasteiger partial charge in [0.15, 0.2) is 0 Å². The Morgan fingerprint density at radius 1 is 1.41 bits per heavy atom. The lowest BCUT2D eigenvalue weighted by Crippen LogP contribution is -2.51. The number of piperidine rings is 1.